The highest BCUT2D eigenvalue weighted by Gasteiger charge is 2.22. The lowest BCUT2D eigenvalue weighted by Crippen LogP contribution is -2.10. The summed E-state index contributed by atoms with van der Waals surface area (Å²) in [5.41, 5.74) is 11.0. The number of nitrogens with zero attached hydrogens (tertiary/aromatic N) is 2. The second kappa shape index (κ2) is 13.4. The van der Waals surface area contributed by atoms with Crippen LogP contribution in [0.25, 0.3) is 99.2 Å². The Morgan fingerprint density at radius 1 is 0.321 bits per heavy atom. The van der Waals surface area contributed by atoms with Crippen molar-refractivity contribution in [2.45, 2.75) is 26.2 Å². The molecule has 0 atom stereocenters. The summed E-state index contributed by atoms with van der Waals surface area (Å²) in [6.45, 7) is 6.90. The van der Waals surface area contributed by atoms with Gasteiger partial charge in [-0.1, -0.05) is 178 Å². The normalized spacial score (nSPS) is 11.8. The van der Waals surface area contributed by atoms with Crippen LogP contribution in [0.4, 0.5) is 0 Å². The monoisotopic (exact) mass is 716 g/mol. The van der Waals surface area contributed by atoms with Gasteiger partial charge in [0.25, 0.3) is 0 Å². The fourth-order valence-corrected chi connectivity index (χ4v) is 8.24. The molecule has 266 valence electrons. The highest BCUT2D eigenvalue weighted by molar-refractivity contribution is 6.22. The van der Waals surface area contributed by atoms with E-state index in [-0.39, 0.29) is 5.41 Å². The van der Waals surface area contributed by atoms with Crippen LogP contribution in [0.3, 0.4) is 0 Å². The Balaban J connectivity index is 1.31. The van der Waals surface area contributed by atoms with Gasteiger partial charge in [-0.05, 0) is 107 Å². The van der Waals surface area contributed by atoms with Crippen molar-refractivity contribution in [1.82, 2.24) is 9.97 Å². The Labute approximate surface area is 327 Å². The number of rotatable bonds is 5. The average molecular weight is 717 g/mol. The third kappa shape index (κ3) is 6.01. The molecule has 0 aliphatic heterocycles. The second-order valence-electron chi connectivity index (χ2n) is 15.8. The molecule has 0 bridgehead atoms. The quantitative estimate of drug-likeness (QED) is 0.166. The van der Waals surface area contributed by atoms with Crippen LogP contribution in [-0.4, -0.2) is 9.97 Å². The fourth-order valence-electron chi connectivity index (χ4n) is 8.24. The Morgan fingerprint density at radius 2 is 0.768 bits per heavy atom. The summed E-state index contributed by atoms with van der Waals surface area (Å²) in [7, 11) is 0. The van der Waals surface area contributed by atoms with Gasteiger partial charge in [-0.25, -0.2) is 9.97 Å². The molecular weight excluding hydrogens is 677 g/mol. The molecule has 0 fully saturated rings. The summed E-state index contributed by atoms with van der Waals surface area (Å²) in [6.07, 6.45) is 0. The minimum Gasteiger partial charge on any atom is -0.228 e. The Kier molecular flexibility index (Phi) is 8.08. The molecule has 0 saturated heterocycles. The molecule has 10 aromatic rings. The van der Waals surface area contributed by atoms with Crippen molar-refractivity contribution in [3.05, 3.63) is 194 Å². The highest BCUT2D eigenvalue weighted by Crippen LogP contribution is 2.47. The van der Waals surface area contributed by atoms with Gasteiger partial charge >= 0.3 is 0 Å². The third-order valence-corrected chi connectivity index (χ3v) is 11.2. The van der Waals surface area contributed by atoms with Gasteiger partial charge in [0, 0.05) is 16.7 Å². The lowest BCUT2D eigenvalue weighted by molar-refractivity contribution is 0.591. The zero-order valence-electron chi connectivity index (χ0n) is 31.8. The molecule has 0 aliphatic rings. The summed E-state index contributed by atoms with van der Waals surface area (Å²) >= 11 is 0. The van der Waals surface area contributed by atoms with Crippen LogP contribution >= 0.6 is 0 Å². The minimum atomic E-state index is -0.0195. The van der Waals surface area contributed by atoms with Crippen molar-refractivity contribution >= 4 is 43.1 Å². The summed E-state index contributed by atoms with van der Waals surface area (Å²) in [5, 5.41) is 9.77. The maximum absolute atomic E-state index is 5.25. The first-order valence-corrected chi connectivity index (χ1v) is 19.4. The predicted molar refractivity (Wildman–Crippen MR) is 238 cm³/mol. The van der Waals surface area contributed by atoms with Crippen LogP contribution in [0.1, 0.15) is 26.3 Å². The van der Waals surface area contributed by atoms with E-state index in [1.165, 1.54) is 70.9 Å². The summed E-state index contributed by atoms with van der Waals surface area (Å²) < 4.78 is 0. The van der Waals surface area contributed by atoms with Crippen LogP contribution in [0.5, 0.6) is 0 Å². The van der Waals surface area contributed by atoms with Crippen LogP contribution in [-0.2, 0) is 5.41 Å². The number of aromatic nitrogens is 2. The van der Waals surface area contributed by atoms with Crippen molar-refractivity contribution in [1.29, 1.82) is 0 Å². The standard InChI is InChI=1S/C54H40N2/c1-54(2,3)44-27-29-46-48(33-44)52(42-25-23-36-15-11-13-21-40(36)31-42)45-28-26-43(32-47(45)51(46)41-24-22-35-14-10-12-20-39(35)30-41)53-55-49(37-16-6-4-7-17-37)34-50(56-53)38-18-8-5-9-19-38/h4-34H,1-3H3. The Morgan fingerprint density at radius 3 is 1.29 bits per heavy atom. The molecule has 0 amide bonds. The smallest absolute Gasteiger partial charge is 0.160 e. The molecule has 0 aliphatic carbocycles. The van der Waals surface area contributed by atoms with Crippen LogP contribution in [0, 0.1) is 0 Å². The van der Waals surface area contributed by atoms with E-state index in [9.17, 15) is 0 Å². The molecule has 2 heteroatoms. The predicted octanol–water partition coefficient (Wildman–Crippen LogP) is 14.7. The first-order chi connectivity index (χ1) is 27.4. The SMILES string of the molecule is CC(C)(C)c1ccc2c(-c3ccc4ccccc4c3)c3cc(-c4nc(-c5ccccc5)cc(-c5ccccc5)n4)ccc3c(-c3ccc4ccccc4c3)c2c1. The first-order valence-electron chi connectivity index (χ1n) is 19.4. The van der Waals surface area contributed by atoms with Crippen molar-refractivity contribution in [3.8, 4) is 56.2 Å². The zero-order valence-corrected chi connectivity index (χ0v) is 31.8. The molecule has 10 rings (SSSR count). The number of fused-ring (bicyclic) bond motifs is 4. The molecule has 0 unspecified atom stereocenters. The van der Waals surface area contributed by atoms with Crippen LogP contribution in [0.2, 0.25) is 0 Å². The molecule has 1 heterocycles. The number of hydrogen-bond donors (Lipinski definition) is 0. The molecule has 9 aromatic carbocycles. The van der Waals surface area contributed by atoms with Gasteiger partial charge in [0.15, 0.2) is 5.82 Å². The third-order valence-electron chi connectivity index (χ3n) is 11.2. The molecule has 2 nitrogen and oxygen atoms in total. The maximum atomic E-state index is 5.25. The lowest BCUT2D eigenvalue weighted by Gasteiger charge is -2.23. The molecule has 0 spiro atoms. The van der Waals surface area contributed by atoms with Crippen LogP contribution < -0.4 is 0 Å². The van der Waals surface area contributed by atoms with Gasteiger partial charge in [-0.2, -0.15) is 0 Å². The van der Waals surface area contributed by atoms with E-state index in [2.05, 4.69) is 197 Å². The van der Waals surface area contributed by atoms with E-state index in [0.29, 0.717) is 5.82 Å². The molecular formula is C54H40N2. The van der Waals surface area contributed by atoms with E-state index in [4.69, 9.17) is 9.97 Å². The lowest BCUT2D eigenvalue weighted by atomic mass is 9.80. The number of hydrogen-bond acceptors (Lipinski definition) is 2. The minimum absolute atomic E-state index is 0.0195. The van der Waals surface area contributed by atoms with Crippen LogP contribution in [0.15, 0.2) is 188 Å². The van der Waals surface area contributed by atoms with Gasteiger partial charge < -0.3 is 0 Å². The molecule has 0 saturated carbocycles. The van der Waals surface area contributed by atoms with Crippen molar-refractivity contribution in [2.24, 2.45) is 0 Å². The van der Waals surface area contributed by atoms with E-state index >= 15 is 0 Å². The number of benzene rings is 9. The van der Waals surface area contributed by atoms with E-state index < -0.39 is 0 Å². The van der Waals surface area contributed by atoms with Crippen molar-refractivity contribution in [2.75, 3.05) is 0 Å². The fraction of sp³-hybridized carbons (Fsp3) is 0.0741. The summed E-state index contributed by atoms with van der Waals surface area (Å²) in [6, 6.07) is 68.0. The first kappa shape index (κ1) is 33.7. The van der Waals surface area contributed by atoms with Gasteiger partial charge in [-0.3, -0.25) is 0 Å². The molecule has 56 heavy (non-hydrogen) atoms. The van der Waals surface area contributed by atoms with Gasteiger partial charge in [-0.15, -0.1) is 0 Å². The van der Waals surface area contributed by atoms with Gasteiger partial charge in [0.05, 0.1) is 11.4 Å². The van der Waals surface area contributed by atoms with Crippen molar-refractivity contribution in [3.63, 3.8) is 0 Å². The summed E-state index contributed by atoms with van der Waals surface area (Å²) in [4.78, 5) is 10.5. The molecule has 1 aromatic heterocycles. The van der Waals surface area contributed by atoms with E-state index in [0.717, 1.165) is 28.1 Å². The maximum Gasteiger partial charge on any atom is 0.160 e. The second-order valence-corrected chi connectivity index (χ2v) is 15.8. The Hall–Kier alpha value is -6.90. The van der Waals surface area contributed by atoms with Gasteiger partial charge in [0.1, 0.15) is 0 Å². The summed E-state index contributed by atoms with van der Waals surface area (Å²) in [5.74, 6) is 0.701. The largest absolute Gasteiger partial charge is 0.228 e. The average Bonchev–Trinajstić information content (AvgIpc) is 3.25. The van der Waals surface area contributed by atoms with Crippen molar-refractivity contribution < 1.29 is 0 Å². The topological polar surface area (TPSA) is 25.8 Å². The van der Waals surface area contributed by atoms with E-state index in [1.807, 2.05) is 12.1 Å². The zero-order chi connectivity index (χ0) is 37.8. The van der Waals surface area contributed by atoms with Gasteiger partial charge in [0.2, 0.25) is 0 Å². The Bertz CT molecular complexity index is 3040. The molecule has 0 N–H and O–H groups in total. The molecule has 0 radical (unpaired) electrons. The van der Waals surface area contributed by atoms with E-state index in [1.54, 1.807) is 0 Å². The highest BCUT2D eigenvalue weighted by atomic mass is 14.9.